The first-order valence-corrected chi connectivity index (χ1v) is 3.32. The van der Waals surface area contributed by atoms with Gasteiger partial charge in [0.05, 0.1) is 19.4 Å². The fourth-order valence-electron chi connectivity index (χ4n) is 0.438. The first-order chi connectivity index (χ1) is 5.41. The highest BCUT2D eigenvalue weighted by atomic mass is 16.2. The van der Waals surface area contributed by atoms with Gasteiger partial charge in [0.15, 0.2) is 0 Å². The van der Waals surface area contributed by atoms with E-state index >= 15 is 0 Å². The number of aliphatic hydroxyl groups is 1. The largest absolute Gasteiger partial charge is 0.516 e. The standard InChI is InChI=1S/C8H12N2O/c1-2-4-9-6-7-10-5-3-8-11/h2-5,8,11H,1,6-7H2/b8-3-,9-4+,10-5+. The van der Waals surface area contributed by atoms with Gasteiger partial charge in [0.1, 0.15) is 0 Å². The van der Waals surface area contributed by atoms with Crippen molar-refractivity contribution in [1.29, 1.82) is 0 Å². The summed E-state index contributed by atoms with van der Waals surface area (Å²) in [5.74, 6) is 0. The molecule has 0 heterocycles. The van der Waals surface area contributed by atoms with Crippen molar-refractivity contribution in [1.82, 2.24) is 0 Å². The molecule has 0 aliphatic heterocycles. The van der Waals surface area contributed by atoms with Crippen LogP contribution in [0.1, 0.15) is 0 Å². The van der Waals surface area contributed by atoms with Crippen LogP contribution >= 0.6 is 0 Å². The third-order valence-corrected chi connectivity index (χ3v) is 0.847. The summed E-state index contributed by atoms with van der Waals surface area (Å²) in [5.41, 5.74) is 0. The topological polar surface area (TPSA) is 45.0 Å². The van der Waals surface area contributed by atoms with E-state index in [1.54, 1.807) is 12.3 Å². The van der Waals surface area contributed by atoms with E-state index in [9.17, 15) is 0 Å². The molecule has 0 bridgehead atoms. The minimum atomic E-state index is 0.634. The summed E-state index contributed by atoms with van der Waals surface area (Å²) in [5, 5.41) is 8.19. The van der Waals surface area contributed by atoms with Crippen molar-refractivity contribution in [3.63, 3.8) is 0 Å². The second-order valence-electron chi connectivity index (χ2n) is 1.69. The first kappa shape index (κ1) is 9.62. The van der Waals surface area contributed by atoms with Crippen LogP contribution in [0.5, 0.6) is 0 Å². The Morgan fingerprint density at radius 2 is 1.82 bits per heavy atom. The van der Waals surface area contributed by atoms with Gasteiger partial charge in [-0.3, -0.25) is 9.98 Å². The van der Waals surface area contributed by atoms with Crippen LogP contribution in [0.25, 0.3) is 0 Å². The van der Waals surface area contributed by atoms with Gasteiger partial charge in [-0.25, -0.2) is 0 Å². The zero-order valence-corrected chi connectivity index (χ0v) is 6.35. The molecule has 0 spiro atoms. The van der Waals surface area contributed by atoms with E-state index in [1.807, 2.05) is 0 Å². The second-order valence-corrected chi connectivity index (χ2v) is 1.69. The van der Waals surface area contributed by atoms with Gasteiger partial charge in [0, 0.05) is 12.4 Å². The molecule has 0 aromatic heterocycles. The van der Waals surface area contributed by atoms with E-state index in [1.165, 1.54) is 12.3 Å². The van der Waals surface area contributed by atoms with E-state index in [0.29, 0.717) is 13.1 Å². The van der Waals surface area contributed by atoms with Crippen LogP contribution in [0.4, 0.5) is 0 Å². The molecule has 0 unspecified atom stereocenters. The number of allylic oxidation sites excluding steroid dienone is 2. The number of aliphatic imine (C=N–C) groups is 2. The molecule has 0 saturated heterocycles. The molecular weight excluding hydrogens is 140 g/mol. The molecule has 0 aliphatic rings. The Kier molecular flexibility index (Phi) is 7.54. The molecule has 0 atom stereocenters. The summed E-state index contributed by atoms with van der Waals surface area (Å²) in [7, 11) is 0. The normalized spacial score (nSPS) is 12.0. The first-order valence-electron chi connectivity index (χ1n) is 3.32. The van der Waals surface area contributed by atoms with Gasteiger partial charge in [-0.15, -0.1) is 0 Å². The molecule has 3 nitrogen and oxygen atoms in total. The van der Waals surface area contributed by atoms with Crippen LogP contribution in [0.3, 0.4) is 0 Å². The molecule has 0 radical (unpaired) electrons. The van der Waals surface area contributed by atoms with Gasteiger partial charge >= 0.3 is 0 Å². The molecule has 60 valence electrons. The van der Waals surface area contributed by atoms with Crippen LogP contribution in [-0.4, -0.2) is 30.6 Å². The van der Waals surface area contributed by atoms with Gasteiger partial charge in [0.2, 0.25) is 0 Å². The van der Waals surface area contributed by atoms with Gasteiger partial charge in [-0.2, -0.15) is 0 Å². The average Bonchev–Trinajstić information content (AvgIpc) is 2.03. The number of hydrogen-bond acceptors (Lipinski definition) is 3. The van der Waals surface area contributed by atoms with Crippen LogP contribution in [0.2, 0.25) is 0 Å². The molecule has 1 N–H and O–H groups in total. The third-order valence-electron chi connectivity index (χ3n) is 0.847. The zero-order chi connectivity index (χ0) is 8.36. The Bertz CT molecular complexity index is 171. The van der Waals surface area contributed by atoms with Crippen molar-refractivity contribution in [2.75, 3.05) is 13.1 Å². The van der Waals surface area contributed by atoms with E-state index in [0.717, 1.165) is 6.26 Å². The predicted octanol–water partition coefficient (Wildman–Crippen LogP) is 1.39. The molecule has 0 aromatic carbocycles. The molecular formula is C8H12N2O. The molecule has 11 heavy (non-hydrogen) atoms. The Labute approximate surface area is 66.5 Å². The van der Waals surface area contributed by atoms with E-state index in [4.69, 9.17) is 5.11 Å². The molecule has 0 rings (SSSR count). The van der Waals surface area contributed by atoms with Gasteiger partial charge in [0.25, 0.3) is 0 Å². The summed E-state index contributed by atoms with van der Waals surface area (Å²) in [6.07, 6.45) is 7.19. The number of aliphatic hydroxyl groups excluding tert-OH is 1. The van der Waals surface area contributed by atoms with Crippen molar-refractivity contribution in [3.05, 3.63) is 25.0 Å². The zero-order valence-electron chi connectivity index (χ0n) is 6.35. The monoisotopic (exact) mass is 152 g/mol. The van der Waals surface area contributed by atoms with E-state index in [-0.39, 0.29) is 0 Å². The highest BCUT2D eigenvalue weighted by Gasteiger charge is 1.73. The predicted molar refractivity (Wildman–Crippen MR) is 48.7 cm³/mol. The van der Waals surface area contributed by atoms with Gasteiger partial charge in [-0.1, -0.05) is 12.7 Å². The summed E-state index contributed by atoms with van der Waals surface area (Å²) in [6, 6.07) is 0. The molecule has 0 aliphatic carbocycles. The lowest BCUT2D eigenvalue weighted by Gasteiger charge is -1.84. The maximum atomic E-state index is 8.19. The van der Waals surface area contributed by atoms with Gasteiger partial charge < -0.3 is 5.11 Å². The lowest BCUT2D eigenvalue weighted by molar-refractivity contribution is 0.474. The maximum absolute atomic E-state index is 8.19. The maximum Gasteiger partial charge on any atom is 0.0806 e. The summed E-state index contributed by atoms with van der Waals surface area (Å²) in [4.78, 5) is 7.86. The second kappa shape index (κ2) is 8.62. The van der Waals surface area contributed by atoms with Crippen LogP contribution in [-0.2, 0) is 0 Å². The fraction of sp³-hybridized carbons (Fsp3) is 0.250. The van der Waals surface area contributed by atoms with E-state index < -0.39 is 0 Å². The average molecular weight is 152 g/mol. The SMILES string of the molecule is C=C/C=N/CC/N=C/C=C\O. The van der Waals surface area contributed by atoms with Crippen LogP contribution in [0, 0.1) is 0 Å². The molecule has 0 saturated carbocycles. The molecule has 0 aromatic rings. The third kappa shape index (κ3) is 8.62. The van der Waals surface area contributed by atoms with Crippen molar-refractivity contribution >= 4 is 12.4 Å². The molecule has 0 fully saturated rings. The highest BCUT2D eigenvalue weighted by Crippen LogP contribution is 1.72. The van der Waals surface area contributed by atoms with Crippen molar-refractivity contribution in [2.45, 2.75) is 0 Å². The summed E-state index contributed by atoms with van der Waals surface area (Å²) in [6.45, 7) is 4.76. The Balaban J connectivity index is 3.26. The van der Waals surface area contributed by atoms with Gasteiger partial charge in [-0.05, 0) is 6.08 Å². The van der Waals surface area contributed by atoms with Crippen LogP contribution < -0.4 is 0 Å². The van der Waals surface area contributed by atoms with Crippen molar-refractivity contribution in [3.8, 4) is 0 Å². The van der Waals surface area contributed by atoms with Crippen molar-refractivity contribution in [2.24, 2.45) is 9.98 Å². The fourth-order valence-corrected chi connectivity index (χ4v) is 0.438. The van der Waals surface area contributed by atoms with E-state index in [2.05, 4.69) is 16.6 Å². The van der Waals surface area contributed by atoms with Crippen LogP contribution in [0.15, 0.2) is 35.0 Å². The summed E-state index contributed by atoms with van der Waals surface area (Å²) < 4.78 is 0. The minimum Gasteiger partial charge on any atom is -0.516 e. The minimum absolute atomic E-state index is 0.634. The quantitative estimate of drug-likeness (QED) is 0.361. The smallest absolute Gasteiger partial charge is 0.0806 e. The lowest BCUT2D eigenvalue weighted by atomic mass is 10.6. The summed E-state index contributed by atoms with van der Waals surface area (Å²) >= 11 is 0. The Morgan fingerprint density at radius 3 is 2.36 bits per heavy atom. The number of hydrogen-bond donors (Lipinski definition) is 1. The molecule has 3 heteroatoms. The Hall–Kier alpha value is -1.38. The molecule has 0 amide bonds. The lowest BCUT2D eigenvalue weighted by Crippen LogP contribution is -1.85. The number of nitrogens with zero attached hydrogens (tertiary/aromatic N) is 2. The Morgan fingerprint density at radius 1 is 1.18 bits per heavy atom. The highest BCUT2D eigenvalue weighted by molar-refractivity contribution is 5.71. The number of rotatable bonds is 5. The van der Waals surface area contributed by atoms with Crippen molar-refractivity contribution < 1.29 is 5.11 Å².